The molecule has 0 aliphatic heterocycles. The summed E-state index contributed by atoms with van der Waals surface area (Å²) in [5.74, 6) is 0.685. The maximum atomic E-state index is 13.4. The standard InChI is InChI=1S/C29H42N2O3/c1-7-9-20-30-28(33)26(8-2)31(21-23-12-17-25(34-6)18-13-23)27(32)19-14-22-10-15-24(16-11-22)29(3,4)5/h10-13,15-18,26H,7-9,14,19-21H2,1-6H3,(H,30,33)/t26-/m0/s1. The fourth-order valence-corrected chi connectivity index (χ4v) is 3.92. The summed E-state index contributed by atoms with van der Waals surface area (Å²) < 4.78 is 5.26. The van der Waals surface area contributed by atoms with Crippen molar-refractivity contribution < 1.29 is 14.3 Å². The zero-order chi connectivity index (χ0) is 25.1. The van der Waals surface area contributed by atoms with Crippen molar-refractivity contribution in [2.24, 2.45) is 0 Å². The minimum absolute atomic E-state index is 0.00629. The van der Waals surface area contributed by atoms with Crippen LogP contribution in [0.5, 0.6) is 5.75 Å². The molecule has 0 radical (unpaired) electrons. The van der Waals surface area contributed by atoms with Crippen LogP contribution in [0.25, 0.3) is 0 Å². The molecule has 0 spiro atoms. The second-order valence-corrected chi connectivity index (χ2v) is 9.89. The molecule has 0 aliphatic carbocycles. The molecule has 0 aromatic heterocycles. The van der Waals surface area contributed by atoms with E-state index in [1.807, 2.05) is 31.2 Å². The fourth-order valence-electron chi connectivity index (χ4n) is 3.92. The molecule has 2 amide bonds. The van der Waals surface area contributed by atoms with Gasteiger partial charge in [-0.1, -0.05) is 77.4 Å². The zero-order valence-electron chi connectivity index (χ0n) is 21.8. The molecule has 34 heavy (non-hydrogen) atoms. The average Bonchev–Trinajstić information content (AvgIpc) is 2.82. The third-order valence-corrected chi connectivity index (χ3v) is 6.17. The van der Waals surface area contributed by atoms with Crippen LogP contribution < -0.4 is 10.1 Å². The van der Waals surface area contributed by atoms with E-state index in [4.69, 9.17) is 4.74 Å². The van der Waals surface area contributed by atoms with Gasteiger partial charge in [0, 0.05) is 19.5 Å². The molecule has 2 rings (SSSR count). The van der Waals surface area contributed by atoms with E-state index in [1.54, 1.807) is 12.0 Å². The van der Waals surface area contributed by atoms with Crippen LogP contribution in [0.3, 0.4) is 0 Å². The van der Waals surface area contributed by atoms with E-state index in [-0.39, 0.29) is 17.2 Å². The van der Waals surface area contributed by atoms with Crippen molar-refractivity contribution in [1.29, 1.82) is 0 Å². The maximum Gasteiger partial charge on any atom is 0.242 e. The number of nitrogens with zero attached hydrogens (tertiary/aromatic N) is 1. The molecule has 2 aromatic carbocycles. The van der Waals surface area contributed by atoms with Crippen molar-refractivity contribution >= 4 is 11.8 Å². The highest BCUT2D eigenvalue weighted by Crippen LogP contribution is 2.23. The highest BCUT2D eigenvalue weighted by Gasteiger charge is 2.28. The lowest BCUT2D eigenvalue weighted by molar-refractivity contribution is -0.141. The summed E-state index contributed by atoms with van der Waals surface area (Å²) in [4.78, 5) is 28.1. The Hall–Kier alpha value is -2.82. The van der Waals surface area contributed by atoms with E-state index in [0.29, 0.717) is 32.4 Å². The van der Waals surface area contributed by atoms with Gasteiger partial charge in [-0.3, -0.25) is 9.59 Å². The fraction of sp³-hybridized carbons (Fsp3) is 0.517. The van der Waals surface area contributed by atoms with Crippen LogP contribution >= 0.6 is 0 Å². The molecule has 0 saturated heterocycles. The summed E-state index contributed by atoms with van der Waals surface area (Å²) >= 11 is 0. The largest absolute Gasteiger partial charge is 0.497 e. The van der Waals surface area contributed by atoms with Crippen molar-refractivity contribution in [3.8, 4) is 5.75 Å². The van der Waals surface area contributed by atoms with Crippen molar-refractivity contribution in [3.63, 3.8) is 0 Å². The lowest BCUT2D eigenvalue weighted by Gasteiger charge is -2.31. The second-order valence-electron chi connectivity index (χ2n) is 9.89. The van der Waals surface area contributed by atoms with Gasteiger partial charge in [-0.15, -0.1) is 0 Å². The first-order valence-corrected chi connectivity index (χ1v) is 12.5. The number of hydrogen-bond acceptors (Lipinski definition) is 3. The molecule has 0 bridgehead atoms. The lowest BCUT2D eigenvalue weighted by Crippen LogP contribution is -2.49. The predicted octanol–water partition coefficient (Wildman–Crippen LogP) is 5.65. The number of unbranched alkanes of at least 4 members (excludes halogenated alkanes) is 1. The third kappa shape index (κ3) is 8.19. The quantitative estimate of drug-likeness (QED) is 0.411. The number of methoxy groups -OCH3 is 1. The van der Waals surface area contributed by atoms with Crippen LogP contribution in [0.2, 0.25) is 0 Å². The van der Waals surface area contributed by atoms with Gasteiger partial charge in [0.1, 0.15) is 11.8 Å². The molecule has 0 saturated carbocycles. The second kappa shape index (κ2) is 13.2. The van der Waals surface area contributed by atoms with E-state index in [1.165, 1.54) is 5.56 Å². The van der Waals surface area contributed by atoms with Gasteiger partial charge in [0.15, 0.2) is 0 Å². The molecule has 0 aliphatic rings. The molecule has 5 nitrogen and oxygen atoms in total. The average molecular weight is 467 g/mol. The molecular weight excluding hydrogens is 424 g/mol. The number of carbonyl (C=O) groups excluding carboxylic acids is 2. The number of benzene rings is 2. The summed E-state index contributed by atoms with van der Waals surface area (Å²) in [5.41, 5.74) is 3.48. The number of rotatable bonds is 12. The van der Waals surface area contributed by atoms with Gasteiger partial charge in [-0.05, 0) is 53.5 Å². The first-order valence-electron chi connectivity index (χ1n) is 12.5. The number of carbonyl (C=O) groups is 2. The Morgan fingerprint density at radius 2 is 1.59 bits per heavy atom. The van der Waals surface area contributed by atoms with Crippen LogP contribution in [-0.2, 0) is 28.0 Å². The SMILES string of the molecule is CCCCNC(=O)[C@H](CC)N(Cc1ccc(OC)cc1)C(=O)CCc1ccc(C(C)(C)C)cc1. The van der Waals surface area contributed by atoms with Crippen molar-refractivity contribution in [2.75, 3.05) is 13.7 Å². The van der Waals surface area contributed by atoms with E-state index in [2.05, 4.69) is 57.3 Å². The minimum atomic E-state index is -0.491. The Kier molecular flexibility index (Phi) is 10.6. The molecule has 186 valence electrons. The third-order valence-electron chi connectivity index (χ3n) is 6.17. The van der Waals surface area contributed by atoms with Gasteiger partial charge < -0.3 is 15.0 Å². The van der Waals surface area contributed by atoms with Crippen LogP contribution in [0.15, 0.2) is 48.5 Å². The van der Waals surface area contributed by atoms with Gasteiger partial charge in [-0.25, -0.2) is 0 Å². The summed E-state index contributed by atoms with van der Waals surface area (Å²) in [7, 11) is 1.63. The van der Waals surface area contributed by atoms with Crippen molar-refractivity contribution in [1.82, 2.24) is 10.2 Å². The van der Waals surface area contributed by atoms with Crippen molar-refractivity contribution in [3.05, 3.63) is 65.2 Å². The molecule has 1 N–H and O–H groups in total. The summed E-state index contributed by atoms with van der Waals surface area (Å²) in [6.07, 6.45) is 3.53. The number of amides is 2. The van der Waals surface area contributed by atoms with E-state index in [9.17, 15) is 9.59 Å². The molecule has 1 atom stereocenters. The van der Waals surface area contributed by atoms with Crippen LogP contribution in [0.1, 0.15) is 77.0 Å². The first kappa shape index (κ1) is 27.4. The van der Waals surface area contributed by atoms with Gasteiger partial charge in [-0.2, -0.15) is 0 Å². The maximum absolute atomic E-state index is 13.4. The summed E-state index contributed by atoms with van der Waals surface area (Å²) in [6, 6.07) is 15.7. The van der Waals surface area contributed by atoms with Gasteiger partial charge in [0.2, 0.25) is 11.8 Å². The molecule has 5 heteroatoms. The number of nitrogens with one attached hydrogen (secondary N) is 1. The topological polar surface area (TPSA) is 58.6 Å². The molecule has 0 unspecified atom stereocenters. The van der Waals surface area contributed by atoms with E-state index in [0.717, 1.165) is 29.7 Å². The Morgan fingerprint density at radius 1 is 0.971 bits per heavy atom. The monoisotopic (exact) mass is 466 g/mol. The summed E-state index contributed by atoms with van der Waals surface area (Å²) in [6.45, 7) is 11.7. The first-order chi connectivity index (χ1) is 16.2. The summed E-state index contributed by atoms with van der Waals surface area (Å²) in [5, 5.41) is 3.02. The Balaban J connectivity index is 2.16. The highest BCUT2D eigenvalue weighted by molar-refractivity contribution is 5.87. The lowest BCUT2D eigenvalue weighted by atomic mass is 9.86. The van der Waals surface area contributed by atoms with Crippen LogP contribution in [0, 0.1) is 0 Å². The van der Waals surface area contributed by atoms with Crippen molar-refractivity contribution in [2.45, 2.75) is 84.7 Å². The van der Waals surface area contributed by atoms with E-state index < -0.39 is 6.04 Å². The van der Waals surface area contributed by atoms with Gasteiger partial charge >= 0.3 is 0 Å². The Labute approximate surface area is 205 Å². The predicted molar refractivity (Wildman–Crippen MR) is 139 cm³/mol. The number of aryl methyl sites for hydroxylation is 1. The van der Waals surface area contributed by atoms with Crippen LogP contribution in [0.4, 0.5) is 0 Å². The number of ether oxygens (including phenoxy) is 1. The van der Waals surface area contributed by atoms with Gasteiger partial charge in [0.25, 0.3) is 0 Å². The normalized spacial score (nSPS) is 12.2. The zero-order valence-corrected chi connectivity index (χ0v) is 21.8. The number of hydrogen-bond donors (Lipinski definition) is 1. The highest BCUT2D eigenvalue weighted by atomic mass is 16.5. The molecular formula is C29H42N2O3. The van der Waals surface area contributed by atoms with Crippen LogP contribution in [-0.4, -0.2) is 36.4 Å². The molecule has 2 aromatic rings. The van der Waals surface area contributed by atoms with E-state index >= 15 is 0 Å². The smallest absolute Gasteiger partial charge is 0.242 e. The Morgan fingerprint density at radius 3 is 2.12 bits per heavy atom. The van der Waals surface area contributed by atoms with Gasteiger partial charge in [0.05, 0.1) is 7.11 Å². The molecule has 0 heterocycles. The Bertz CT molecular complexity index is 898. The molecule has 0 fully saturated rings. The minimum Gasteiger partial charge on any atom is -0.497 e.